The average Bonchev–Trinajstić information content (AvgIpc) is 3.05. The zero-order valence-electron chi connectivity index (χ0n) is 14.2. The lowest BCUT2D eigenvalue weighted by Crippen LogP contribution is -2.10. The number of ether oxygens (including phenoxy) is 2. The molecule has 0 bridgehead atoms. The highest BCUT2D eigenvalue weighted by Gasteiger charge is 2.13. The Morgan fingerprint density at radius 1 is 1.08 bits per heavy atom. The molecule has 3 aromatic rings. The number of aromatic nitrogens is 1. The monoisotopic (exact) mass is 335 g/mol. The van der Waals surface area contributed by atoms with Gasteiger partial charge in [-0.2, -0.15) is 0 Å². The summed E-state index contributed by atoms with van der Waals surface area (Å²) in [6.07, 6.45) is 4.58. The van der Waals surface area contributed by atoms with Gasteiger partial charge in [0.15, 0.2) is 0 Å². The van der Waals surface area contributed by atoms with Gasteiger partial charge in [0.2, 0.25) is 0 Å². The van der Waals surface area contributed by atoms with Crippen LogP contribution in [-0.4, -0.2) is 17.1 Å². The van der Waals surface area contributed by atoms with E-state index in [1.807, 2.05) is 42.5 Å². The first-order chi connectivity index (χ1) is 12.3. The second-order valence-corrected chi connectivity index (χ2v) is 5.62. The first kappa shape index (κ1) is 16.8. The van der Waals surface area contributed by atoms with E-state index in [9.17, 15) is 4.79 Å². The van der Waals surface area contributed by atoms with Gasteiger partial charge in [-0.3, -0.25) is 0 Å². The molecule has 0 unspecified atom stereocenters. The van der Waals surface area contributed by atoms with Gasteiger partial charge in [-0.25, -0.2) is 4.79 Å². The minimum atomic E-state index is -0.402. The molecule has 0 aliphatic carbocycles. The third kappa shape index (κ3) is 4.29. The normalized spacial score (nSPS) is 12.4. The van der Waals surface area contributed by atoms with Crippen molar-refractivity contribution in [2.45, 2.75) is 19.6 Å². The van der Waals surface area contributed by atoms with Gasteiger partial charge in [0.25, 0.3) is 0 Å². The summed E-state index contributed by atoms with van der Waals surface area (Å²) in [5.74, 6) is -0.402. The highest BCUT2D eigenvalue weighted by molar-refractivity contribution is 5.81. The van der Waals surface area contributed by atoms with Crippen molar-refractivity contribution in [2.24, 2.45) is 0 Å². The Morgan fingerprint density at radius 2 is 1.84 bits per heavy atom. The Labute approximate surface area is 147 Å². The lowest BCUT2D eigenvalue weighted by Gasteiger charge is -2.18. The Balaban J connectivity index is 1.80. The SMILES string of the molecule is CCOC(=O)/C=C/O[C@H](Cn1ccc2ccccc21)c1ccccc1. The van der Waals surface area contributed by atoms with E-state index in [0.29, 0.717) is 13.2 Å². The molecule has 0 spiro atoms. The van der Waals surface area contributed by atoms with Crippen molar-refractivity contribution in [2.75, 3.05) is 6.61 Å². The Kier molecular flexibility index (Phi) is 5.52. The molecule has 1 atom stereocenters. The van der Waals surface area contributed by atoms with Gasteiger partial charge >= 0.3 is 5.97 Å². The lowest BCUT2D eigenvalue weighted by molar-refractivity contribution is -0.137. The molecule has 1 aromatic heterocycles. The van der Waals surface area contributed by atoms with E-state index in [1.54, 1.807) is 6.92 Å². The van der Waals surface area contributed by atoms with Gasteiger partial charge in [-0.15, -0.1) is 0 Å². The van der Waals surface area contributed by atoms with Crippen LogP contribution in [0.5, 0.6) is 0 Å². The summed E-state index contributed by atoms with van der Waals surface area (Å²) in [7, 11) is 0. The summed E-state index contributed by atoms with van der Waals surface area (Å²) in [4.78, 5) is 11.5. The van der Waals surface area contributed by atoms with Gasteiger partial charge in [0.1, 0.15) is 6.10 Å². The number of benzene rings is 2. The first-order valence-electron chi connectivity index (χ1n) is 8.35. The van der Waals surface area contributed by atoms with Crippen LogP contribution in [0, 0.1) is 0 Å². The third-order valence-corrected chi connectivity index (χ3v) is 3.95. The van der Waals surface area contributed by atoms with Gasteiger partial charge in [0.05, 0.1) is 25.5 Å². The van der Waals surface area contributed by atoms with Crippen LogP contribution in [-0.2, 0) is 20.8 Å². The standard InChI is InChI=1S/C21H21NO3/c1-2-24-21(23)13-15-25-20(18-9-4-3-5-10-18)16-22-14-12-17-8-6-7-11-19(17)22/h3-15,20H,2,16H2,1H3/b15-13+/t20-/m1/s1. The summed E-state index contributed by atoms with van der Waals surface area (Å²) < 4.78 is 12.9. The van der Waals surface area contributed by atoms with Crippen molar-refractivity contribution in [3.05, 3.63) is 84.8 Å². The van der Waals surface area contributed by atoms with Crippen LogP contribution in [0.4, 0.5) is 0 Å². The van der Waals surface area contributed by atoms with Gasteiger partial charge in [0, 0.05) is 11.7 Å². The van der Waals surface area contributed by atoms with Gasteiger partial charge < -0.3 is 14.0 Å². The zero-order valence-corrected chi connectivity index (χ0v) is 14.2. The van der Waals surface area contributed by atoms with Crippen molar-refractivity contribution in [1.82, 2.24) is 4.57 Å². The van der Waals surface area contributed by atoms with E-state index in [1.165, 1.54) is 17.7 Å². The summed E-state index contributed by atoms with van der Waals surface area (Å²) in [6.45, 7) is 2.77. The van der Waals surface area contributed by atoms with Gasteiger partial charge in [-0.05, 0) is 30.0 Å². The maximum atomic E-state index is 11.5. The predicted molar refractivity (Wildman–Crippen MR) is 98.0 cm³/mol. The summed E-state index contributed by atoms with van der Waals surface area (Å²) in [5.41, 5.74) is 2.20. The maximum Gasteiger partial charge on any atom is 0.333 e. The Morgan fingerprint density at radius 3 is 2.64 bits per heavy atom. The number of nitrogens with zero attached hydrogens (tertiary/aromatic N) is 1. The second kappa shape index (κ2) is 8.20. The maximum absolute atomic E-state index is 11.5. The number of rotatable bonds is 7. The fourth-order valence-electron chi connectivity index (χ4n) is 2.75. The molecule has 0 fully saturated rings. The topological polar surface area (TPSA) is 40.5 Å². The van der Waals surface area contributed by atoms with Crippen molar-refractivity contribution in [3.8, 4) is 0 Å². The molecule has 0 aliphatic heterocycles. The molecule has 0 N–H and O–H groups in total. The van der Waals surface area contributed by atoms with Crippen LogP contribution >= 0.6 is 0 Å². The molecule has 25 heavy (non-hydrogen) atoms. The molecular formula is C21H21NO3. The van der Waals surface area contributed by atoms with E-state index in [0.717, 1.165) is 11.1 Å². The van der Waals surface area contributed by atoms with E-state index in [4.69, 9.17) is 9.47 Å². The van der Waals surface area contributed by atoms with Crippen molar-refractivity contribution in [1.29, 1.82) is 0 Å². The average molecular weight is 335 g/mol. The van der Waals surface area contributed by atoms with Crippen molar-refractivity contribution < 1.29 is 14.3 Å². The van der Waals surface area contributed by atoms with Crippen LogP contribution in [0.1, 0.15) is 18.6 Å². The molecular weight excluding hydrogens is 314 g/mol. The molecule has 2 aromatic carbocycles. The lowest BCUT2D eigenvalue weighted by atomic mass is 10.1. The summed E-state index contributed by atoms with van der Waals surface area (Å²) in [6, 6.07) is 20.3. The van der Waals surface area contributed by atoms with Crippen LogP contribution < -0.4 is 0 Å². The quantitative estimate of drug-likeness (QED) is 0.363. The molecule has 3 rings (SSSR count). The van der Waals surface area contributed by atoms with Crippen LogP contribution in [0.15, 0.2) is 79.2 Å². The molecule has 0 radical (unpaired) electrons. The number of esters is 1. The number of hydrogen-bond acceptors (Lipinski definition) is 3. The number of fused-ring (bicyclic) bond motifs is 1. The molecule has 128 valence electrons. The molecule has 0 amide bonds. The van der Waals surface area contributed by atoms with E-state index in [-0.39, 0.29) is 6.10 Å². The number of hydrogen-bond donors (Lipinski definition) is 0. The molecule has 4 nitrogen and oxygen atoms in total. The zero-order chi connectivity index (χ0) is 17.5. The molecule has 0 saturated heterocycles. The van der Waals surface area contributed by atoms with Crippen LogP contribution in [0.2, 0.25) is 0 Å². The Hall–Kier alpha value is -3.01. The molecule has 0 saturated carbocycles. The highest BCUT2D eigenvalue weighted by Crippen LogP contribution is 2.23. The first-order valence-corrected chi connectivity index (χ1v) is 8.35. The summed E-state index contributed by atoms with van der Waals surface area (Å²) >= 11 is 0. The largest absolute Gasteiger partial charge is 0.491 e. The van der Waals surface area contributed by atoms with Gasteiger partial charge in [-0.1, -0.05) is 48.5 Å². The summed E-state index contributed by atoms with van der Waals surface area (Å²) in [5, 5.41) is 1.19. The fraction of sp³-hybridized carbons (Fsp3) is 0.190. The third-order valence-electron chi connectivity index (χ3n) is 3.95. The number of carbonyl (C=O) groups is 1. The number of para-hydroxylation sites is 1. The van der Waals surface area contributed by atoms with E-state index < -0.39 is 5.97 Å². The molecule has 1 heterocycles. The Bertz CT molecular complexity index is 852. The second-order valence-electron chi connectivity index (χ2n) is 5.62. The molecule has 4 heteroatoms. The van der Waals surface area contributed by atoms with Crippen LogP contribution in [0.3, 0.4) is 0 Å². The minimum Gasteiger partial charge on any atom is -0.491 e. The minimum absolute atomic E-state index is 0.206. The van der Waals surface area contributed by atoms with E-state index in [2.05, 4.69) is 29.0 Å². The highest BCUT2D eigenvalue weighted by atomic mass is 16.5. The van der Waals surface area contributed by atoms with Crippen LogP contribution in [0.25, 0.3) is 10.9 Å². The number of carbonyl (C=O) groups excluding carboxylic acids is 1. The van der Waals surface area contributed by atoms with Crippen molar-refractivity contribution >= 4 is 16.9 Å². The van der Waals surface area contributed by atoms with E-state index >= 15 is 0 Å². The molecule has 0 aliphatic rings. The fourth-order valence-corrected chi connectivity index (χ4v) is 2.75. The smallest absolute Gasteiger partial charge is 0.333 e. The van der Waals surface area contributed by atoms with Crippen molar-refractivity contribution in [3.63, 3.8) is 0 Å². The predicted octanol–water partition coefficient (Wildman–Crippen LogP) is 4.48.